The zero-order valence-electron chi connectivity index (χ0n) is 11.4. The molecule has 96 valence electrons. The lowest BCUT2D eigenvalue weighted by molar-refractivity contribution is 0.185. The van der Waals surface area contributed by atoms with Crippen molar-refractivity contribution in [1.29, 1.82) is 0 Å². The average molecular weight is 235 g/mol. The summed E-state index contributed by atoms with van der Waals surface area (Å²) in [4.78, 5) is 6.78. The first kappa shape index (κ1) is 14.1. The number of hydrogen-bond donors (Lipinski definition) is 1. The van der Waals surface area contributed by atoms with E-state index in [2.05, 4.69) is 43.8 Å². The second-order valence-corrected chi connectivity index (χ2v) is 5.10. The standard InChI is InChI=1S/C14H25N3/c1-5-12(15)14(17(4)10-11(2)3)13-8-6-7-9-16-13/h6-9,11-12,14H,5,10,15H2,1-4H3. The molecule has 3 heteroatoms. The van der Waals surface area contributed by atoms with Gasteiger partial charge in [-0.1, -0.05) is 26.8 Å². The molecule has 1 rings (SSSR count). The third kappa shape index (κ3) is 4.10. The molecule has 0 aromatic carbocycles. The maximum Gasteiger partial charge on any atom is 0.0671 e. The molecule has 17 heavy (non-hydrogen) atoms. The van der Waals surface area contributed by atoms with Crippen LogP contribution in [0.4, 0.5) is 0 Å². The van der Waals surface area contributed by atoms with E-state index in [4.69, 9.17) is 5.73 Å². The van der Waals surface area contributed by atoms with Crippen molar-refractivity contribution < 1.29 is 0 Å². The van der Waals surface area contributed by atoms with E-state index in [0.29, 0.717) is 5.92 Å². The molecular weight excluding hydrogens is 210 g/mol. The van der Waals surface area contributed by atoms with Crippen LogP contribution < -0.4 is 5.73 Å². The van der Waals surface area contributed by atoms with Crippen LogP contribution in [0.15, 0.2) is 24.4 Å². The van der Waals surface area contributed by atoms with Gasteiger partial charge in [0.2, 0.25) is 0 Å². The van der Waals surface area contributed by atoms with Gasteiger partial charge in [-0.3, -0.25) is 9.88 Å². The molecule has 2 N–H and O–H groups in total. The number of nitrogens with zero attached hydrogens (tertiary/aromatic N) is 2. The van der Waals surface area contributed by atoms with Crippen LogP contribution in [0, 0.1) is 5.92 Å². The van der Waals surface area contributed by atoms with Crippen LogP contribution in [-0.2, 0) is 0 Å². The molecule has 2 unspecified atom stereocenters. The summed E-state index contributed by atoms with van der Waals surface area (Å²) in [6.45, 7) is 7.62. The van der Waals surface area contributed by atoms with Gasteiger partial charge in [-0.05, 0) is 31.5 Å². The van der Waals surface area contributed by atoms with Crippen LogP contribution in [0.3, 0.4) is 0 Å². The first-order chi connectivity index (χ1) is 8.06. The van der Waals surface area contributed by atoms with E-state index in [-0.39, 0.29) is 12.1 Å². The topological polar surface area (TPSA) is 42.1 Å². The molecule has 0 radical (unpaired) electrons. The molecule has 0 amide bonds. The van der Waals surface area contributed by atoms with Crippen LogP contribution in [-0.4, -0.2) is 29.5 Å². The molecule has 0 saturated heterocycles. The monoisotopic (exact) mass is 235 g/mol. The van der Waals surface area contributed by atoms with Gasteiger partial charge >= 0.3 is 0 Å². The average Bonchev–Trinajstić information content (AvgIpc) is 2.29. The Balaban J connectivity index is 2.88. The van der Waals surface area contributed by atoms with Crippen LogP contribution in [0.5, 0.6) is 0 Å². The molecule has 0 bridgehead atoms. The summed E-state index contributed by atoms with van der Waals surface area (Å²) in [5, 5.41) is 0. The first-order valence-corrected chi connectivity index (χ1v) is 6.43. The summed E-state index contributed by atoms with van der Waals surface area (Å²) in [6, 6.07) is 6.38. The zero-order valence-corrected chi connectivity index (χ0v) is 11.4. The second kappa shape index (κ2) is 6.72. The Morgan fingerprint density at radius 3 is 2.53 bits per heavy atom. The maximum atomic E-state index is 6.24. The Labute approximate surface area is 105 Å². The van der Waals surface area contributed by atoms with Gasteiger partial charge < -0.3 is 5.73 Å². The number of rotatable bonds is 6. The SMILES string of the molecule is CCC(N)C(c1ccccn1)N(C)CC(C)C. The smallest absolute Gasteiger partial charge is 0.0671 e. The molecule has 2 atom stereocenters. The fourth-order valence-electron chi connectivity index (χ4n) is 2.24. The number of nitrogens with two attached hydrogens (primary N) is 1. The minimum atomic E-state index is 0.133. The Morgan fingerprint density at radius 1 is 1.35 bits per heavy atom. The highest BCUT2D eigenvalue weighted by Crippen LogP contribution is 2.22. The van der Waals surface area contributed by atoms with Crippen molar-refractivity contribution in [1.82, 2.24) is 9.88 Å². The Morgan fingerprint density at radius 2 is 2.06 bits per heavy atom. The van der Waals surface area contributed by atoms with E-state index in [1.54, 1.807) is 0 Å². The predicted octanol–water partition coefficient (Wildman–Crippen LogP) is 2.45. The molecule has 0 saturated carbocycles. The van der Waals surface area contributed by atoms with Crippen LogP contribution in [0.25, 0.3) is 0 Å². The van der Waals surface area contributed by atoms with Crippen molar-refractivity contribution in [2.75, 3.05) is 13.6 Å². The van der Waals surface area contributed by atoms with Crippen molar-refractivity contribution in [3.63, 3.8) is 0 Å². The fourth-order valence-corrected chi connectivity index (χ4v) is 2.24. The van der Waals surface area contributed by atoms with E-state index in [0.717, 1.165) is 18.7 Å². The lowest BCUT2D eigenvalue weighted by Crippen LogP contribution is -2.40. The van der Waals surface area contributed by atoms with Gasteiger partial charge in [0.25, 0.3) is 0 Å². The van der Waals surface area contributed by atoms with E-state index >= 15 is 0 Å². The number of pyridine rings is 1. The summed E-state index contributed by atoms with van der Waals surface area (Å²) >= 11 is 0. The molecule has 0 aliphatic heterocycles. The molecular formula is C14H25N3. The van der Waals surface area contributed by atoms with Crippen LogP contribution >= 0.6 is 0 Å². The molecule has 0 aliphatic rings. The molecule has 0 aliphatic carbocycles. The molecule has 1 heterocycles. The lowest BCUT2D eigenvalue weighted by Gasteiger charge is -2.33. The molecule has 1 aromatic heterocycles. The third-order valence-electron chi connectivity index (χ3n) is 3.00. The van der Waals surface area contributed by atoms with E-state index in [9.17, 15) is 0 Å². The Bertz CT molecular complexity index is 311. The summed E-state index contributed by atoms with van der Waals surface area (Å²) in [5.74, 6) is 0.635. The number of hydrogen-bond acceptors (Lipinski definition) is 3. The summed E-state index contributed by atoms with van der Waals surface area (Å²) in [7, 11) is 2.13. The van der Waals surface area contributed by atoms with Crippen molar-refractivity contribution in [3.8, 4) is 0 Å². The van der Waals surface area contributed by atoms with Gasteiger partial charge in [-0.25, -0.2) is 0 Å². The first-order valence-electron chi connectivity index (χ1n) is 6.43. The van der Waals surface area contributed by atoms with Crippen LogP contribution in [0.2, 0.25) is 0 Å². The van der Waals surface area contributed by atoms with Gasteiger partial charge in [0.1, 0.15) is 0 Å². The van der Waals surface area contributed by atoms with Gasteiger partial charge in [0.15, 0.2) is 0 Å². The van der Waals surface area contributed by atoms with Gasteiger partial charge in [0, 0.05) is 18.8 Å². The highest BCUT2D eigenvalue weighted by Gasteiger charge is 2.24. The maximum absolute atomic E-state index is 6.24. The lowest BCUT2D eigenvalue weighted by atomic mass is 10.00. The molecule has 1 aromatic rings. The predicted molar refractivity (Wildman–Crippen MR) is 72.7 cm³/mol. The molecule has 0 fully saturated rings. The quantitative estimate of drug-likeness (QED) is 0.823. The largest absolute Gasteiger partial charge is 0.326 e. The Hall–Kier alpha value is -0.930. The van der Waals surface area contributed by atoms with Crippen LogP contribution in [0.1, 0.15) is 38.9 Å². The van der Waals surface area contributed by atoms with Crippen molar-refractivity contribution >= 4 is 0 Å². The fraction of sp³-hybridized carbons (Fsp3) is 0.643. The Kier molecular flexibility index (Phi) is 5.59. The summed E-state index contributed by atoms with van der Waals surface area (Å²) in [6.07, 6.45) is 2.80. The zero-order chi connectivity index (χ0) is 12.8. The van der Waals surface area contributed by atoms with Crippen molar-refractivity contribution in [2.24, 2.45) is 11.7 Å². The minimum absolute atomic E-state index is 0.133. The highest BCUT2D eigenvalue weighted by atomic mass is 15.2. The highest BCUT2D eigenvalue weighted by molar-refractivity contribution is 5.11. The number of aromatic nitrogens is 1. The third-order valence-corrected chi connectivity index (χ3v) is 3.00. The van der Waals surface area contributed by atoms with E-state index in [1.807, 2.05) is 18.3 Å². The normalized spacial score (nSPS) is 15.2. The minimum Gasteiger partial charge on any atom is -0.326 e. The molecule has 3 nitrogen and oxygen atoms in total. The van der Waals surface area contributed by atoms with Crippen molar-refractivity contribution in [2.45, 2.75) is 39.3 Å². The second-order valence-electron chi connectivity index (χ2n) is 5.10. The van der Waals surface area contributed by atoms with Gasteiger partial charge in [-0.15, -0.1) is 0 Å². The summed E-state index contributed by atoms with van der Waals surface area (Å²) in [5.41, 5.74) is 7.32. The molecule has 0 spiro atoms. The van der Waals surface area contributed by atoms with Gasteiger partial charge in [0.05, 0.1) is 11.7 Å². The van der Waals surface area contributed by atoms with Gasteiger partial charge in [-0.2, -0.15) is 0 Å². The van der Waals surface area contributed by atoms with Crippen molar-refractivity contribution in [3.05, 3.63) is 30.1 Å². The van der Waals surface area contributed by atoms with E-state index < -0.39 is 0 Å². The van der Waals surface area contributed by atoms with E-state index in [1.165, 1.54) is 0 Å². The number of likely N-dealkylation sites (N-methyl/N-ethyl adjacent to an activating group) is 1. The summed E-state index contributed by atoms with van der Waals surface area (Å²) < 4.78 is 0.